The summed E-state index contributed by atoms with van der Waals surface area (Å²) in [5.74, 6) is -0.367. The summed E-state index contributed by atoms with van der Waals surface area (Å²) in [6.45, 7) is 4.81. The van der Waals surface area contributed by atoms with Gasteiger partial charge in [0.25, 0.3) is 0 Å². The van der Waals surface area contributed by atoms with E-state index < -0.39 is 5.92 Å². The van der Waals surface area contributed by atoms with Crippen LogP contribution < -0.4 is 9.64 Å². The number of ether oxygens (including phenoxy) is 1. The molecule has 1 aromatic rings. The zero-order chi connectivity index (χ0) is 18.6. The van der Waals surface area contributed by atoms with Crippen LogP contribution in [0.1, 0.15) is 20.3 Å². The standard InChI is InChI=1S/C18H22ClN3O3/c1-4-21(10-12(2)9-20)18(24)13-7-17(23)22(11-13)15-8-14(19)5-6-16(15)25-3/h5-6,8,12-13H,4,7,10-11H2,1-3H3. The molecule has 134 valence electrons. The first-order chi connectivity index (χ1) is 11.9. The Labute approximate surface area is 152 Å². The van der Waals surface area contributed by atoms with Gasteiger partial charge in [-0.05, 0) is 32.0 Å². The number of carbonyl (C=O) groups excluding carboxylic acids is 2. The number of benzene rings is 1. The van der Waals surface area contributed by atoms with Gasteiger partial charge in [0.2, 0.25) is 11.8 Å². The first-order valence-electron chi connectivity index (χ1n) is 8.23. The molecule has 1 fully saturated rings. The smallest absolute Gasteiger partial charge is 0.228 e. The second kappa shape index (κ2) is 8.21. The fraction of sp³-hybridized carbons (Fsp3) is 0.500. The highest BCUT2D eigenvalue weighted by Gasteiger charge is 2.38. The average molecular weight is 364 g/mol. The molecule has 1 heterocycles. The first-order valence-corrected chi connectivity index (χ1v) is 8.61. The Bertz CT molecular complexity index is 701. The number of rotatable bonds is 6. The van der Waals surface area contributed by atoms with Crippen molar-refractivity contribution in [3.63, 3.8) is 0 Å². The number of nitriles is 1. The van der Waals surface area contributed by atoms with Crippen molar-refractivity contribution >= 4 is 29.1 Å². The lowest BCUT2D eigenvalue weighted by atomic mass is 10.1. The molecule has 2 atom stereocenters. The van der Waals surface area contributed by atoms with Gasteiger partial charge in [-0.2, -0.15) is 5.26 Å². The molecule has 0 spiro atoms. The maximum absolute atomic E-state index is 12.8. The summed E-state index contributed by atoms with van der Waals surface area (Å²) >= 11 is 6.05. The maximum atomic E-state index is 12.8. The summed E-state index contributed by atoms with van der Waals surface area (Å²) in [6, 6.07) is 7.20. The van der Waals surface area contributed by atoms with E-state index in [0.29, 0.717) is 29.5 Å². The topological polar surface area (TPSA) is 73.6 Å². The highest BCUT2D eigenvalue weighted by atomic mass is 35.5. The fourth-order valence-corrected chi connectivity index (χ4v) is 3.15. The van der Waals surface area contributed by atoms with Crippen molar-refractivity contribution in [3.05, 3.63) is 23.2 Å². The molecule has 25 heavy (non-hydrogen) atoms. The highest BCUT2D eigenvalue weighted by molar-refractivity contribution is 6.31. The summed E-state index contributed by atoms with van der Waals surface area (Å²) in [5, 5.41) is 9.46. The van der Waals surface area contributed by atoms with Gasteiger partial charge in [0.05, 0.1) is 30.7 Å². The number of amides is 2. The minimum absolute atomic E-state index is 0.0959. The molecule has 6 nitrogen and oxygen atoms in total. The summed E-state index contributed by atoms with van der Waals surface area (Å²) in [7, 11) is 1.53. The zero-order valence-corrected chi connectivity index (χ0v) is 15.4. The molecule has 0 saturated carbocycles. The predicted molar refractivity (Wildman–Crippen MR) is 95.5 cm³/mol. The number of carbonyl (C=O) groups is 2. The number of nitrogens with zero attached hydrogens (tertiary/aromatic N) is 3. The predicted octanol–water partition coefficient (Wildman–Crippen LogP) is 2.71. The lowest BCUT2D eigenvalue weighted by Crippen LogP contribution is -2.39. The molecule has 1 aromatic carbocycles. The van der Waals surface area contributed by atoms with Gasteiger partial charge in [-0.3, -0.25) is 9.59 Å². The fourth-order valence-electron chi connectivity index (χ4n) is 2.98. The van der Waals surface area contributed by atoms with Crippen molar-refractivity contribution in [2.24, 2.45) is 11.8 Å². The number of methoxy groups -OCH3 is 1. The molecule has 2 rings (SSSR count). The molecule has 0 aliphatic carbocycles. The van der Waals surface area contributed by atoms with Crippen molar-refractivity contribution in [1.82, 2.24) is 4.90 Å². The van der Waals surface area contributed by atoms with Crippen LogP contribution in [0.3, 0.4) is 0 Å². The largest absolute Gasteiger partial charge is 0.495 e. The van der Waals surface area contributed by atoms with E-state index in [0.717, 1.165) is 0 Å². The second-order valence-corrected chi connectivity index (χ2v) is 6.57. The van der Waals surface area contributed by atoms with Gasteiger partial charge < -0.3 is 14.5 Å². The van der Waals surface area contributed by atoms with Crippen molar-refractivity contribution in [2.75, 3.05) is 31.6 Å². The highest BCUT2D eigenvalue weighted by Crippen LogP contribution is 2.35. The van der Waals surface area contributed by atoms with Gasteiger partial charge in [-0.1, -0.05) is 11.6 Å². The van der Waals surface area contributed by atoms with Crippen LogP contribution >= 0.6 is 11.6 Å². The normalized spacial score (nSPS) is 18.0. The number of halogens is 1. The third-order valence-corrected chi connectivity index (χ3v) is 4.55. The van der Waals surface area contributed by atoms with E-state index >= 15 is 0 Å². The first kappa shape index (κ1) is 19.1. The molecular formula is C18H22ClN3O3. The van der Waals surface area contributed by atoms with Crippen LogP contribution in [0.15, 0.2) is 18.2 Å². The van der Waals surface area contributed by atoms with Gasteiger partial charge in [0, 0.05) is 31.1 Å². The average Bonchev–Trinajstić information content (AvgIpc) is 3.00. The van der Waals surface area contributed by atoms with Crippen LogP contribution in [0.2, 0.25) is 5.02 Å². The quantitative estimate of drug-likeness (QED) is 0.778. The van der Waals surface area contributed by atoms with Gasteiger partial charge in [-0.25, -0.2) is 0 Å². The molecule has 1 aliphatic heterocycles. The molecule has 0 bridgehead atoms. The zero-order valence-electron chi connectivity index (χ0n) is 14.7. The maximum Gasteiger partial charge on any atom is 0.228 e. The molecule has 0 aromatic heterocycles. The molecule has 2 unspecified atom stereocenters. The third-order valence-electron chi connectivity index (χ3n) is 4.31. The number of anilines is 1. The monoisotopic (exact) mass is 363 g/mol. The SMILES string of the molecule is CCN(CC(C)C#N)C(=O)C1CC(=O)N(c2cc(Cl)ccc2OC)C1. The molecule has 0 radical (unpaired) electrons. The lowest BCUT2D eigenvalue weighted by Gasteiger charge is -2.25. The summed E-state index contributed by atoms with van der Waals surface area (Å²) in [6.07, 6.45) is 0.145. The Morgan fingerprint density at radius 2 is 2.28 bits per heavy atom. The Hall–Kier alpha value is -2.26. The lowest BCUT2D eigenvalue weighted by molar-refractivity contribution is -0.136. The summed E-state index contributed by atoms with van der Waals surface area (Å²) in [5.41, 5.74) is 0.573. The van der Waals surface area contributed by atoms with Gasteiger partial charge in [0.15, 0.2) is 0 Å². The van der Waals surface area contributed by atoms with E-state index in [1.54, 1.807) is 34.9 Å². The van der Waals surface area contributed by atoms with Crippen molar-refractivity contribution in [2.45, 2.75) is 20.3 Å². The van der Waals surface area contributed by atoms with Crippen molar-refractivity contribution in [3.8, 4) is 11.8 Å². The van der Waals surface area contributed by atoms with Gasteiger partial charge >= 0.3 is 0 Å². The minimum atomic E-state index is -0.429. The van der Waals surface area contributed by atoms with E-state index in [-0.39, 0.29) is 30.7 Å². The van der Waals surface area contributed by atoms with Crippen LogP contribution in [0.25, 0.3) is 0 Å². The van der Waals surface area contributed by atoms with E-state index in [4.69, 9.17) is 21.6 Å². The number of hydrogen-bond acceptors (Lipinski definition) is 4. The Morgan fingerprint density at radius 1 is 1.56 bits per heavy atom. The Morgan fingerprint density at radius 3 is 2.88 bits per heavy atom. The summed E-state index contributed by atoms with van der Waals surface area (Å²) in [4.78, 5) is 28.4. The molecule has 1 aliphatic rings. The second-order valence-electron chi connectivity index (χ2n) is 6.13. The minimum Gasteiger partial charge on any atom is -0.495 e. The molecule has 7 heteroatoms. The van der Waals surface area contributed by atoms with Crippen LogP contribution in [-0.2, 0) is 9.59 Å². The van der Waals surface area contributed by atoms with Crippen LogP contribution in [-0.4, -0.2) is 43.5 Å². The number of hydrogen-bond donors (Lipinski definition) is 0. The van der Waals surface area contributed by atoms with Gasteiger partial charge in [0.1, 0.15) is 5.75 Å². The molecule has 0 N–H and O–H groups in total. The third kappa shape index (κ3) is 4.23. The van der Waals surface area contributed by atoms with Gasteiger partial charge in [-0.15, -0.1) is 0 Å². The Kier molecular flexibility index (Phi) is 6.27. The van der Waals surface area contributed by atoms with Crippen LogP contribution in [0.4, 0.5) is 5.69 Å². The van der Waals surface area contributed by atoms with E-state index in [2.05, 4.69) is 6.07 Å². The van der Waals surface area contributed by atoms with Crippen LogP contribution in [0.5, 0.6) is 5.75 Å². The van der Waals surface area contributed by atoms with E-state index in [1.165, 1.54) is 7.11 Å². The van der Waals surface area contributed by atoms with E-state index in [9.17, 15) is 9.59 Å². The van der Waals surface area contributed by atoms with Crippen molar-refractivity contribution in [1.29, 1.82) is 5.26 Å². The van der Waals surface area contributed by atoms with E-state index in [1.807, 2.05) is 6.92 Å². The molecule has 1 saturated heterocycles. The molecule has 2 amide bonds. The summed E-state index contributed by atoms with van der Waals surface area (Å²) < 4.78 is 5.31. The molecular weight excluding hydrogens is 342 g/mol. The van der Waals surface area contributed by atoms with Crippen LogP contribution in [0, 0.1) is 23.2 Å². The Balaban J connectivity index is 2.18. The van der Waals surface area contributed by atoms with Crippen molar-refractivity contribution < 1.29 is 14.3 Å².